The van der Waals surface area contributed by atoms with Crippen LogP contribution in [0.2, 0.25) is 5.02 Å². The zero-order chi connectivity index (χ0) is 14.4. The molecule has 1 aromatic carbocycles. The Morgan fingerprint density at radius 1 is 1.45 bits per heavy atom. The molecule has 5 heteroatoms. The molecular weight excluding hydrogens is 276 g/mol. The van der Waals surface area contributed by atoms with Gasteiger partial charge in [-0.15, -0.1) is 0 Å². The normalized spacial score (nSPS) is 16.9. The molecule has 1 saturated carbocycles. The highest BCUT2D eigenvalue weighted by Crippen LogP contribution is 2.23. The van der Waals surface area contributed by atoms with Gasteiger partial charge < -0.3 is 15.2 Å². The van der Waals surface area contributed by atoms with Gasteiger partial charge in [-0.3, -0.25) is 0 Å². The first kappa shape index (κ1) is 15.1. The van der Waals surface area contributed by atoms with E-state index in [0.29, 0.717) is 35.5 Å². The van der Waals surface area contributed by atoms with Gasteiger partial charge in [0.1, 0.15) is 0 Å². The molecule has 0 heterocycles. The summed E-state index contributed by atoms with van der Waals surface area (Å²) in [5.41, 5.74) is 1.19. The summed E-state index contributed by atoms with van der Waals surface area (Å²) in [5, 5.41) is 22.3. The molecule has 0 radical (unpaired) electrons. The molecule has 0 amide bonds. The molecule has 0 saturated heterocycles. The summed E-state index contributed by atoms with van der Waals surface area (Å²) in [6.45, 7) is 0.675. The van der Waals surface area contributed by atoms with E-state index in [9.17, 15) is 5.11 Å². The van der Waals surface area contributed by atoms with Crippen LogP contribution in [0.1, 0.15) is 31.2 Å². The third kappa shape index (κ3) is 4.38. The van der Waals surface area contributed by atoms with Crippen molar-refractivity contribution >= 4 is 17.3 Å². The number of hydrogen-bond donors (Lipinski definition) is 2. The van der Waals surface area contributed by atoms with Crippen molar-refractivity contribution < 1.29 is 9.84 Å². The number of ether oxygens (including phenoxy) is 1. The second-order valence-corrected chi connectivity index (χ2v) is 5.49. The van der Waals surface area contributed by atoms with Crippen LogP contribution in [-0.4, -0.2) is 30.5 Å². The first-order valence-corrected chi connectivity index (χ1v) is 7.30. The van der Waals surface area contributed by atoms with Crippen LogP contribution < -0.4 is 5.32 Å². The first-order chi connectivity index (χ1) is 9.69. The van der Waals surface area contributed by atoms with Crippen LogP contribution in [0.3, 0.4) is 0 Å². The van der Waals surface area contributed by atoms with Crippen molar-refractivity contribution in [1.82, 2.24) is 0 Å². The molecule has 1 aromatic rings. The minimum atomic E-state index is -0.586. The Hall–Kier alpha value is -1.28. The number of anilines is 1. The average Bonchev–Trinajstić information content (AvgIpc) is 2.97. The largest absolute Gasteiger partial charge is 0.389 e. The predicted octanol–water partition coefficient (Wildman–Crippen LogP) is 2.94. The zero-order valence-corrected chi connectivity index (χ0v) is 12.1. The zero-order valence-electron chi connectivity index (χ0n) is 11.3. The number of halogens is 1. The minimum Gasteiger partial charge on any atom is -0.389 e. The lowest BCUT2D eigenvalue weighted by Crippen LogP contribution is -2.27. The molecule has 1 fully saturated rings. The Bertz CT molecular complexity index is 481. The van der Waals surface area contributed by atoms with Gasteiger partial charge >= 0.3 is 0 Å². The number of nitriles is 1. The predicted molar refractivity (Wildman–Crippen MR) is 78.9 cm³/mol. The van der Waals surface area contributed by atoms with Crippen LogP contribution in [-0.2, 0) is 4.74 Å². The lowest BCUT2D eigenvalue weighted by atomic mass is 10.2. The van der Waals surface area contributed by atoms with E-state index in [1.165, 1.54) is 12.8 Å². The van der Waals surface area contributed by atoms with E-state index < -0.39 is 6.10 Å². The fourth-order valence-corrected chi connectivity index (χ4v) is 2.50. The third-order valence-electron chi connectivity index (χ3n) is 3.45. The summed E-state index contributed by atoms with van der Waals surface area (Å²) in [5.74, 6) is 0. The number of nitrogens with one attached hydrogen (secondary N) is 1. The molecule has 2 rings (SSSR count). The summed E-state index contributed by atoms with van der Waals surface area (Å²) < 4.78 is 5.65. The standard InChI is InChI=1S/C15H19ClN2O2/c16-14-6-5-11(8-17)7-15(14)18-9-12(19)10-20-13-3-1-2-4-13/h5-7,12-13,18-19H,1-4,9-10H2. The van der Waals surface area contributed by atoms with E-state index in [4.69, 9.17) is 21.6 Å². The fraction of sp³-hybridized carbons (Fsp3) is 0.533. The van der Waals surface area contributed by atoms with Gasteiger partial charge in [-0.2, -0.15) is 5.26 Å². The lowest BCUT2D eigenvalue weighted by Gasteiger charge is -2.17. The van der Waals surface area contributed by atoms with E-state index in [0.717, 1.165) is 12.8 Å². The van der Waals surface area contributed by atoms with Gasteiger partial charge in [0.15, 0.2) is 0 Å². The Labute approximate surface area is 124 Å². The molecular formula is C15H19ClN2O2. The molecule has 0 spiro atoms. The van der Waals surface area contributed by atoms with Gasteiger partial charge in [0.25, 0.3) is 0 Å². The summed E-state index contributed by atoms with van der Waals surface area (Å²) >= 11 is 6.03. The number of aliphatic hydroxyl groups excluding tert-OH is 1. The smallest absolute Gasteiger partial charge is 0.0992 e. The molecule has 2 N–H and O–H groups in total. The maximum Gasteiger partial charge on any atom is 0.0992 e. The van der Waals surface area contributed by atoms with Gasteiger partial charge in [-0.05, 0) is 31.0 Å². The summed E-state index contributed by atoms with van der Waals surface area (Å²) in [4.78, 5) is 0. The van der Waals surface area contributed by atoms with Crippen molar-refractivity contribution in [2.45, 2.75) is 37.9 Å². The molecule has 0 aromatic heterocycles. The van der Waals surface area contributed by atoms with Gasteiger partial charge in [0.05, 0.1) is 41.2 Å². The molecule has 0 aliphatic heterocycles. The minimum absolute atomic E-state index is 0.301. The molecule has 0 bridgehead atoms. The molecule has 4 nitrogen and oxygen atoms in total. The van der Waals surface area contributed by atoms with Crippen LogP contribution in [0.4, 0.5) is 5.69 Å². The first-order valence-electron chi connectivity index (χ1n) is 6.92. The fourth-order valence-electron chi connectivity index (χ4n) is 2.32. The van der Waals surface area contributed by atoms with E-state index in [1.807, 2.05) is 0 Å². The van der Waals surface area contributed by atoms with Crippen LogP contribution in [0.15, 0.2) is 18.2 Å². The molecule has 1 aliphatic carbocycles. The van der Waals surface area contributed by atoms with Crippen LogP contribution in [0.25, 0.3) is 0 Å². The topological polar surface area (TPSA) is 65.3 Å². The average molecular weight is 295 g/mol. The number of aliphatic hydroxyl groups is 1. The van der Waals surface area contributed by atoms with E-state index in [1.54, 1.807) is 18.2 Å². The molecule has 1 aliphatic rings. The molecule has 1 atom stereocenters. The van der Waals surface area contributed by atoms with Crippen molar-refractivity contribution in [3.63, 3.8) is 0 Å². The van der Waals surface area contributed by atoms with Crippen molar-refractivity contribution in [3.8, 4) is 6.07 Å². The third-order valence-corrected chi connectivity index (χ3v) is 3.78. The molecule has 108 valence electrons. The van der Waals surface area contributed by atoms with Gasteiger partial charge in [-0.1, -0.05) is 24.4 Å². The van der Waals surface area contributed by atoms with Gasteiger partial charge in [-0.25, -0.2) is 0 Å². The highest BCUT2D eigenvalue weighted by atomic mass is 35.5. The lowest BCUT2D eigenvalue weighted by molar-refractivity contribution is -0.00117. The SMILES string of the molecule is N#Cc1ccc(Cl)c(NCC(O)COC2CCCC2)c1. The van der Waals surface area contributed by atoms with E-state index in [-0.39, 0.29) is 0 Å². The van der Waals surface area contributed by atoms with Crippen LogP contribution in [0, 0.1) is 11.3 Å². The van der Waals surface area contributed by atoms with E-state index in [2.05, 4.69) is 11.4 Å². The Morgan fingerprint density at radius 3 is 2.90 bits per heavy atom. The highest BCUT2D eigenvalue weighted by Gasteiger charge is 2.17. The monoisotopic (exact) mass is 294 g/mol. The Kier molecular flexibility index (Phi) is 5.66. The second kappa shape index (κ2) is 7.49. The van der Waals surface area contributed by atoms with Crippen molar-refractivity contribution in [3.05, 3.63) is 28.8 Å². The Morgan fingerprint density at radius 2 is 2.20 bits per heavy atom. The van der Waals surface area contributed by atoms with Crippen molar-refractivity contribution in [2.75, 3.05) is 18.5 Å². The van der Waals surface area contributed by atoms with Gasteiger partial charge in [0.2, 0.25) is 0 Å². The number of hydrogen-bond acceptors (Lipinski definition) is 4. The highest BCUT2D eigenvalue weighted by molar-refractivity contribution is 6.33. The number of benzene rings is 1. The van der Waals surface area contributed by atoms with E-state index >= 15 is 0 Å². The maximum absolute atomic E-state index is 9.89. The molecule has 20 heavy (non-hydrogen) atoms. The van der Waals surface area contributed by atoms with Gasteiger partial charge in [0, 0.05) is 6.54 Å². The molecule has 1 unspecified atom stereocenters. The quantitative estimate of drug-likeness (QED) is 0.846. The number of nitrogens with zero attached hydrogens (tertiary/aromatic N) is 1. The second-order valence-electron chi connectivity index (χ2n) is 5.08. The van der Waals surface area contributed by atoms with Crippen molar-refractivity contribution in [2.24, 2.45) is 0 Å². The number of rotatable bonds is 6. The maximum atomic E-state index is 9.89. The summed E-state index contributed by atoms with van der Waals surface area (Å²) in [6.07, 6.45) is 4.34. The van der Waals surface area contributed by atoms with Crippen LogP contribution >= 0.6 is 11.6 Å². The Balaban J connectivity index is 1.77. The summed E-state index contributed by atoms with van der Waals surface area (Å²) in [6, 6.07) is 7.06. The summed E-state index contributed by atoms with van der Waals surface area (Å²) in [7, 11) is 0. The van der Waals surface area contributed by atoms with Crippen molar-refractivity contribution in [1.29, 1.82) is 5.26 Å². The van der Waals surface area contributed by atoms with Crippen LogP contribution in [0.5, 0.6) is 0 Å².